The van der Waals surface area contributed by atoms with Crippen LogP contribution in [0.5, 0.6) is 0 Å². The molecule has 3 nitrogen and oxygen atoms in total. The maximum atomic E-state index is 2.93. The molecule has 61 heavy (non-hydrogen) atoms. The Morgan fingerprint density at radius 3 is 2.03 bits per heavy atom. The molecule has 6 aliphatic rings. The fourth-order valence-electron chi connectivity index (χ4n) is 14.2. The molecule has 306 valence electrons. The standard InChI is InChI=1S/C57H60BN3/c1-37-18-16-21-41(32-37)59-48-33-38(2)24-26-45(48)58-46-23-17-22-43-52(46)61(56(8)30-14-15-31-57(43,56)39-19-10-9-11-20-39)50-36-42(35-49(59)51(50)58)60-47-27-25-40(53(3,4)5)34-44(47)54(6)28-12-13-29-55(54,60)7/h9-11,16-27,32-36H,12-15,28-31H2,1-8H3. The SMILES string of the molecule is Cc1cccc(N2c3cc(C)ccc3B3c4cccc5c4N(c4cc(N6c7ccc(C(C)(C)C)cc7C7(C)CCCCC67C)cc2c43)C2(C)CCCCC52c2ccccc2)c1. The third-order valence-electron chi connectivity index (χ3n) is 17.3. The highest BCUT2D eigenvalue weighted by molar-refractivity contribution is 7.00. The van der Waals surface area contributed by atoms with Gasteiger partial charge in [0.05, 0.1) is 11.1 Å². The van der Waals surface area contributed by atoms with Gasteiger partial charge in [-0.2, -0.15) is 0 Å². The lowest BCUT2D eigenvalue weighted by molar-refractivity contribution is 0.194. The van der Waals surface area contributed by atoms with Gasteiger partial charge in [0.2, 0.25) is 0 Å². The van der Waals surface area contributed by atoms with Gasteiger partial charge in [-0.1, -0.05) is 138 Å². The van der Waals surface area contributed by atoms with Crippen molar-refractivity contribution in [3.63, 3.8) is 0 Å². The molecule has 2 aliphatic carbocycles. The highest BCUT2D eigenvalue weighted by Gasteiger charge is 2.64. The maximum Gasteiger partial charge on any atom is 0.252 e. The van der Waals surface area contributed by atoms with Crippen LogP contribution < -0.4 is 31.1 Å². The van der Waals surface area contributed by atoms with Crippen LogP contribution in [0.25, 0.3) is 0 Å². The molecule has 4 aliphatic heterocycles. The Bertz CT molecular complexity index is 2820. The second-order valence-corrected chi connectivity index (χ2v) is 21.5. The van der Waals surface area contributed by atoms with Crippen LogP contribution in [0.1, 0.15) is 126 Å². The first kappa shape index (κ1) is 37.5. The van der Waals surface area contributed by atoms with E-state index in [0.717, 1.165) is 12.8 Å². The number of aryl methyl sites for hydroxylation is 2. The van der Waals surface area contributed by atoms with Crippen LogP contribution in [0.3, 0.4) is 0 Å². The Labute approximate surface area is 364 Å². The molecule has 0 saturated heterocycles. The summed E-state index contributed by atoms with van der Waals surface area (Å²) >= 11 is 0. The van der Waals surface area contributed by atoms with Crippen LogP contribution in [-0.2, 0) is 16.2 Å². The first-order valence-electron chi connectivity index (χ1n) is 23.4. The van der Waals surface area contributed by atoms with E-state index in [1.807, 2.05) is 0 Å². The predicted molar refractivity (Wildman–Crippen MR) is 259 cm³/mol. The lowest BCUT2D eigenvalue weighted by atomic mass is 9.33. The molecule has 0 bridgehead atoms. The zero-order valence-corrected chi connectivity index (χ0v) is 37.6. The Morgan fingerprint density at radius 1 is 0.525 bits per heavy atom. The molecule has 0 amide bonds. The molecule has 4 atom stereocenters. The van der Waals surface area contributed by atoms with Crippen molar-refractivity contribution in [3.05, 3.63) is 155 Å². The second-order valence-electron chi connectivity index (χ2n) is 21.5. The highest BCUT2D eigenvalue weighted by Crippen LogP contribution is 2.66. The van der Waals surface area contributed by atoms with E-state index in [0.29, 0.717) is 0 Å². The van der Waals surface area contributed by atoms with Gasteiger partial charge in [0, 0.05) is 50.6 Å². The van der Waals surface area contributed by atoms with Crippen molar-refractivity contribution in [2.75, 3.05) is 14.7 Å². The first-order valence-corrected chi connectivity index (χ1v) is 23.4. The number of para-hydroxylation sites is 1. The minimum atomic E-state index is -0.155. The van der Waals surface area contributed by atoms with Crippen LogP contribution >= 0.6 is 0 Å². The molecule has 6 aromatic rings. The molecular weight excluding hydrogens is 737 g/mol. The van der Waals surface area contributed by atoms with Crippen molar-refractivity contribution in [3.8, 4) is 0 Å². The van der Waals surface area contributed by atoms with Crippen molar-refractivity contribution < 1.29 is 0 Å². The Morgan fingerprint density at radius 2 is 1.25 bits per heavy atom. The third kappa shape index (κ3) is 4.67. The normalized spacial score (nSPS) is 26.6. The topological polar surface area (TPSA) is 9.72 Å². The first-order chi connectivity index (χ1) is 29.3. The van der Waals surface area contributed by atoms with Gasteiger partial charge < -0.3 is 14.7 Å². The summed E-state index contributed by atoms with van der Waals surface area (Å²) in [5, 5.41) is 0. The lowest BCUT2D eigenvalue weighted by Crippen LogP contribution is -2.65. The average molecular weight is 798 g/mol. The minimum absolute atomic E-state index is 0.0304. The summed E-state index contributed by atoms with van der Waals surface area (Å²) in [5.41, 5.74) is 22.1. The van der Waals surface area contributed by atoms with Crippen LogP contribution in [0.2, 0.25) is 0 Å². The molecule has 4 unspecified atom stereocenters. The van der Waals surface area contributed by atoms with Gasteiger partial charge in [-0.15, -0.1) is 0 Å². The van der Waals surface area contributed by atoms with Gasteiger partial charge in [0.25, 0.3) is 6.71 Å². The van der Waals surface area contributed by atoms with Gasteiger partial charge in [-0.25, -0.2) is 0 Å². The molecule has 0 spiro atoms. The summed E-state index contributed by atoms with van der Waals surface area (Å²) in [6.07, 6.45) is 9.70. The van der Waals surface area contributed by atoms with Crippen LogP contribution in [-0.4, -0.2) is 17.8 Å². The van der Waals surface area contributed by atoms with E-state index < -0.39 is 0 Å². The van der Waals surface area contributed by atoms with Crippen LogP contribution in [0.15, 0.2) is 121 Å². The average Bonchev–Trinajstić information content (AvgIpc) is 3.62. The van der Waals surface area contributed by atoms with E-state index in [1.165, 1.54) is 123 Å². The van der Waals surface area contributed by atoms with Gasteiger partial charge >= 0.3 is 0 Å². The zero-order chi connectivity index (χ0) is 41.8. The fraction of sp³-hybridized carbons (Fsp3) is 0.368. The van der Waals surface area contributed by atoms with Crippen LogP contribution in [0.4, 0.5) is 39.8 Å². The Kier molecular flexibility index (Phi) is 7.67. The van der Waals surface area contributed by atoms with E-state index >= 15 is 0 Å². The number of fused-ring (bicyclic) bond motifs is 10. The van der Waals surface area contributed by atoms with Gasteiger partial charge in [-0.05, 0) is 145 Å². The molecule has 0 N–H and O–H groups in total. The molecule has 0 aromatic heterocycles. The second kappa shape index (κ2) is 12.5. The molecule has 6 aromatic carbocycles. The quantitative estimate of drug-likeness (QED) is 0.165. The molecule has 2 saturated carbocycles. The number of hydrogen-bond acceptors (Lipinski definition) is 3. The van der Waals surface area contributed by atoms with Gasteiger partial charge in [-0.3, -0.25) is 0 Å². The summed E-state index contributed by atoms with van der Waals surface area (Å²) in [6, 6.07) is 48.4. The molecule has 4 heteroatoms. The zero-order valence-electron chi connectivity index (χ0n) is 37.6. The largest absolute Gasteiger partial charge is 0.335 e. The summed E-state index contributed by atoms with van der Waals surface area (Å²) in [5.74, 6) is 0. The predicted octanol–water partition coefficient (Wildman–Crippen LogP) is 12.7. The molecule has 4 heterocycles. The molecule has 2 fully saturated rings. The van der Waals surface area contributed by atoms with E-state index in [4.69, 9.17) is 0 Å². The molecule has 0 radical (unpaired) electrons. The molecule has 12 rings (SSSR count). The van der Waals surface area contributed by atoms with E-state index in [-0.39, 0.29) is 34.0 Å². The van der Waals surface area contributed by atoms with Gasteiger partial charge in [0.1, 0.15) is 0 Å². The number of nitrogens with zero attached hydrogens (tertiary/aromatic N) is 3. The van der Waals surface area contributed by atoms with Crippen molar-refractivity contribution >= 4 is 62.9 Å². The maximum absolute atomic E-state index is 2.93. The third-order valence-corrected chi connectivity index (χ3v) is 17.3. The smallest absolute Gasteiger partial charge is 0.252 e. The molecular formula is C57H60BN3. The van der Waals surface area contributed by atoms with E-state index in [2.05, 4.69) is 191 Å². The number of rotatable bonds is 3. The van der Waals surface area contributed by atoms with Crippen molar-refractivity contribution in [1.82, 2.24) is 0 Å². The highest BCUT2D eigenvalue weighted by atomic mass is 15.3. The lowest BCUT2D eigenvalue weighted by Gasteiger charge is -2.54. The monoisotopic (exact) mass is 797 g/mol. The fourth-order valence-corrected chi connectivity index (χ4v) is 14.2. The van der Waals surface area contributed by atoms with Crippen molar-refractivity contribution in [2.45, 2.75) is 134 Å². The Hall–Kier alpha value is -5.22. The number of hydrogen-bond donors (Lipinski definition) is 0. The summed E-state index contributed by atoms with van der Waals surface area (Å²) in [7, 11) is 0. The number of benzene rings is 6. The summed E-state index contributed by atoms with van der Waals surface area (Å²) in [4.78, 5) is 8.43. The summed E-state index contributed by atoms with van der Waals surface area (Å²) in [6.45, 7) is 19.6. The van der Waals surface area contributed by atoms with Crippen LogP contribution in [0, 0.1) is 13.8 Å². The van der Waals surface area contributed by atoms with E-state index in [1.54, 1.807) is 5.56 Å². The Balaban J connectivity index is 1.21. The van der Waals surface area contributed by atoms with E-state index in [9.17, 15) is 0 Å². The minimum Gasteiger partial charge on any atom is -0.335 e. The number of anilines is 7. The van der Waals surface area contributed by atoms with Gasteiger partial charge in [0.15, 0.2) is 0 Å². The van der Waals surface area contributed by atoms with Crippen molar-refractivity contribution in [1.29, 1.82) is 0 Å². The summed E-state index contributed by atoms with van der Waals surface area (Å²) < 4.78 is 0. The van der Waals surface area contributed by atoms with Crippen molar-refractivity contribution in [2.24, 2.45) is 0 Å².